The molecule has 0 spiro atoms. The van der Waals surface area contributed by atoms with Gasteiger partial charge in [-0.05, 0) is 45.5 Å². The van der Waals surface area contributed by atoms with Gasteiger partial charge in [0.15, 0.2) is 11.5 Å². The lowest BCUT2D eigenvalue weighted by Crippen LogP contribution is -2.51. The van der Waals surface area contributed by atoms with Crippen LogP contribution in [0.25, 0.3) is 5.65 Å². The van der Waals surface area contributed by atoms with Crippen LogP contribution in [-0.4, -0.2) is 93.2 Å². The molecule has 1 amide bonds. The number of aromatic nitrogens is 5. The van der Waals surface area contributed by atoms with Gasteiger partial charge in [-0.15, -0.1) is 5.10 Å². The zero-order chi connectivity index (χ0) is 26.5. The van der Waals surface area contributed by atoms with E-state index in [4.69, 9.17) is 16.8 Å². The fourth-order valence-corrected chi connectivity index (χ4v) is 4.43. The van der Waals surface area contributed by atoms with Crippen LogP contribution in [0.15, 0.2) is 18.5 Å². The van der Waals surface area contributed by atoms with Gasteiger partial charge in [0, 0.05) is 40.2 Å². The monoisotopic (exact) mass is 496 g/mol. The summed E-state index contributed by atoms with van der Waals surface area (Å²) in [6, 6.07) is 2.28. The van der Waals surface area contributed by atoms with E-state index in [-0.39, 0.29) is 30.7 Å². The zero-order valence-corrected chi connectivity index (χ0v) is 21.6. The molecule has 2 N–H and O–H groups in total. The number of nitrogen functional groups attached to an aromatic ring is 1. The van der Waals surface area contributed by atoms with Gasteiger partial charge in [-0.3, -0.25) is 4.79 Å². The molecule has 1 aliphatic rings. The van der Waals surface area contributed by atoms with Gasteiger partial charge in [0.25, 0.3) is 0 Å². The lowest BCUT2D eigenvalue weighted by Gasteiger charge is -2.36. The number of carbonyl (C=O) groups excluding carboxylic acids is 1. The number of pyridine rings is 1. The molecule has 0 aliphatic carbocycles. The maximum absolute atomic E-state index is 12.4. The van der Waals surface area contributed by atoms with Crippen molar-refractivity contribution in [3.63, 3.8) is 0 Å². The van der Waals surface area contributed by atoms with Crippen molar-refractivity contribution in [2.45, 2.75) is 46.1 Å². The van der Waals surface area contributed by atoms with Crippen LogP contribution in [0.4, 0.5) is 11.6 Å². The number of rotatable bonds is 9. The first-order valence-electron chi connectivity index (χ1n) is 13.1. The average Bonchev–Trinajstić information content (AvgIpc) is 3.26. The van der Waals surface area contributed by atoms with Crippen LogP contribution in [-0.2, 0) is 11.2 Å². The minimum atomic E-state index is -0.277. The van der Waals surface area contributed by atoms with Gasteiger partial charge in [0.05, 0.1) is 24.5 Å². The molecule has 11 nitrogen and oxygen atoms in total. The summed E-state index contributed by atoms with van der Waals surface area (Å²) in [6.07, 6.45) is 5.57. The minimum Gasteiger partial charge on any atom is -0.459 e. The van der Waals surface area contributed by atoms with E-state index in [2.05, 4.69) is 33.0 Å². The van der Waals surface area contributed by atoms with E-state index in [9.17, 15) is 4.79 Å². The summed E-state index contributed by atoms with van der Waals surface area (Å²) in [5, 5.41) is 4.51. The van der Waals surface area contributed by atoms with Gasteiger partial charge in [-0.2, -0.15) is 4.98 Å². The molecule has 1 saturated heterocycles. The van der Waals surface area contributed by atoms with E-state index in [0.29, 0.717) is 31.7 Å². The van der Waals surface area contributed by atoms with Crippen LogP contribution < -0.4 is 15.4 Å². The Morgan fingerprint density at radius 1 is 1.25 bits per heavy atom. The molecule has 3 aromatic rings. The highest BCUT2D eigenvalue weighted by molar-refractivity contribution is 5.78. The molecule has 0 radical (unpaired) electrons. The quantitative estimate of drug-likeness (QED) is 0.473. The number of likely N-dealkylation sites (N-methyl/N-ethyl adjacent to an activating group) is 1. The Morgan fingerprint density at radius 2 is 2.03 bits per heavy atom. The molecule has 4 rings (SSSR count). The van der Waals surface area contributed by atoms with E-state index >= 15 is 0 Å². The number of ether oxygens (including phenoxy) is 1. The molecular formula is C25H37N9O2. The lowest BCUT2D eigenvalue weighted by atomic mass is 10.1. The number of fused-ring (bicyclic) bond motifs is 1. The number of nitrogens with zero attached hydrogens (tertiary/aromatic N) is 8. The molecule has 1 atom stereocenters. The molecule has 1 aliphatic heterocycles. The maximum Gasteiger partial charge on any atom is 0.336 e. The minimum absolute atomic E-state index is 0.130. The van der Waals surface area contributed by atoms with E-state index in [1.165, 1.54) is 0 Å². The Kier molecular flexibility index (Phi) is 7.45. The standard InChI is InChI=1S/C25H37N9O2/c1-6-7-18(3)36-25-29-22(26)24-28-15-20(34(24)30-25)13-19-12-17(2)23(27-14-19)33-10-8-32(9-11-33)21(35)16-31(4)5/h12,14-15,18H,6-11,13,16H2,1-5H3,(H2,26,29,30)/i3D. The van der Waals surface area contributed by atoms with Crippen molar-refractivity contribution in [1.82, 2.24) is 34.4 Å². The summed E-state index contributed by atoms with van der Waals surface area (Å²) >= 11 is 0. The maximum atomic E-state index is 12.4. The Labute approximate surface area is 213 Å². The second-order valence-corrected chi connectivity index (χ2v) is 9.56. The Bertz CT molecular complexity index is 1220. The Morgan fingerprint density at radius 3 is 2.69 bits per heavy atom. The molecule has 0 aromatic carbocycles. The van der Waals surface area contributed by atoms with Crippen LogP contribution >= 0.6 is 0 Å². The second kappa shape index (κ2) is 11.1. The molecule has 3 aromatic heterocycles. The molecule has 1 unspecified atom stereocenters. The number of piperazine rings is 1. The van der Waals surface area contributed by atoms with Crippen molar-refractivity contribution in [2.24, 2.45) is 0 Å². The summed E-state index contributed by atoms with van der Waals surface area (Å²) in [4.78, 5) is 31.8. The van der Waals surface area contributed by atoms with E-state index in [1.54, 1.807) is 10.7 Å². The highest BCUT2D eigenvalue weighted by Gasteiger charge is 2.23. The Hall–Kier alpha value is -3.47. The van der Waals surface area contributed by atoms with Crippen molar-refractivity contribution in [2.75, 3.05) is 57.5 Å². The lowest BCUT2D eigenvalue weighted by molar-refractivity contribution is -0.132. The van der Waals surface area contributed by atoms with Crippen molar-refractivity contribution in [3.8, 4) is 6.01 Å². The molecule has 0 bridgehead atoms. The Balaban J connectivity index is 1.46. The average molecular weight is 497 g/mol. The van der Waals surface area contributed by atoms with Crippen molar-refractivity contribution >= 4 is 23.2 Å². The van der Waals surface area contributed by atoms with E-state index in [0.717, 1.165) is 48.6 Å². The van der Waals surface area contributed by atoms with Crippen LogP contribution in [0.1, 0.15) is 44.9 Å². The SMILES string of the molecule is [2H]CC(CCC)Oc1nc(N)c2ncc(Cc3cnc(N4CCN(C(=O)CN(C)C)CC4)c(C)c3)n2n1. The number of aryl methyl sites for hydroxylation is 1. The van der Waals surface area contributed by atoms with Crippen LogP contribution in [0.2, 0.25) is 0 Å². The van der Waals surface area contributed by atoms with Crippen LogP contribution in [0.3, 0.4) is 0 Å². The smallest absolute Gasteiger partial charge is 0.336 e. The number of nitrogens with two attached hydrogens (primary N) is 1. The highest BCUT2D eigenvalue weighted by Crippen LogP contribution is 2.22. The predicted molar refractivity (Wildman–Crippen MR) is 139 cm³/mol. The zero-order valence-electron chi connectivity index (χ0n) is 22.6. The third-order valence-corrected chi connectivity index (χ3v) is 6.20. The largest absolute Gasteiger partial charge is 0.459 e. The number of carbonyl (C=O) groups is 1. The number of anilines is 2. The second-order valence-electron chi connectivity index (χ2n) is 9.56. The highest BCUT2D eigenvalue weighted by atomic mass is 16.5. The first-order valence-corrected chi connectivity index (χ1v) is 12.4. The molecule has 0 saturated carbocycles. The normalized spacial score (nSPS) is 15.4. The molecule has 194 valence electrons. The number of hydrogen-bond donors (Lipinski definition) is 1. The fraction of sp³-hybridized carbons (Fsp3) is 0.560. The van der Waals surface area contributed by atoms with Gasteiger partial charge in [-0.25, -0.2) is 14.5 Å². The number of hydrogen-bond acceptors (Lipinski definition) is 9. The van der Waals surface area contributed by atoms with Crippen molar-refractivity contribution in [1.29, 1.82) is 0 Å². The van der Waals surface area contributed by atoms with Gasteiger partial charge in [-0.1, -0.05) is 19.4 Å². The van der Waals surface area contributed by atoms with Gasteiger partial charge in [0.2, 0.25) is 5.91 Å². The molecule has 1 fully saturated rings. The van der Waals surface area contributed by atoms with Gasteiger partial charge in [0.1, 0.15) is 5.82 Å². The summed E-state index contributed by atoms with van der Waals surface area (Å²) in [5.74, 6) is 1.35. The van der Waals surface area contributed by atoms with Crippen LogP contribution in [0.5, 0.6) is 6.01 Å². The summed E-state index contributed by atoms with van der Waals surface area (Å²) in [5.41, 5.74) is 9.55. The molecule has 4 heterocycles. The fourth-order valence-electron chi connectivity index (χ4n) is 4.43. The van der Waals surface area contributed by atoms with Crippen molar-refractivity contribution in [3.05, 3.63) is 35.3 Å². The third-order valence-electron chi connectivity index (χ3n) is 6.20. The van der Waals surface area contributed by atoms with Crippen molar-refractivity contribution < 1.29 is 10.9 Å². The number of amides is 1. The third kappa shape index (κ3) is 5.84. The molecular weight excluding hydrogens is 458 g/mol. The first kappa shape index (κ1) is 24.2. The van der Waals surface area contributed by atoms with Crippen LogP contribution in [0, 0.1) is 6.92 Å². The number of imidazole rings is 1. The topological polar surface area (TPSA) is 118 Å². The molecule has 36 heavy (non-hydrogen) atoms. The van der Waals surface area contributed by atoms with Gasteiger partial charge < -0.3 is 25.2 Å². The molecule has 11 heteroatoms. The summed E-state index contributed by atoms with van der Waals surface area (Å²) in [7, 11) is 3.82. The van der Waals surface area contributed by atoms with E-state index < -0.39 is 0 Å². The van der Waals surface area contributed by atoms with E-state index in [1.807, 2.05) is 37.0 Å². The van der Waals surface area contributed by atoms with Gasteiger partial charge >= 0.3 is 6.01 Å². The summed E-state index contributed by atoms with van der Waals surface area (Å²) < 4.78 is 15.2. The first-order chi connectivity index (χ1) is 17.8. The predicted octanol–water partition coefficient (Wildman–Crippen LogP) is 1.78. The summed E-state index contributed by atoms with van der Waals surface area (Å²) in [6.45, 7) is 7.59.